The second-order valence-corrected chi connectivity index (χ2v) is 5.81. The van der Waals surface area contributed by atoms with Gasteiger partial charge in [0, 0.05) is 6.07 Å². The molecule has 8 heteroatoms. The number of carbonyl (C=O) groups is 2. The summed E-state index contributed by atoms with van der Waals surface area (Å²) in [7, 11) is 2.99. The van der Waals surface area contributed by atoms with Gasteiger partial charge in [0.05, 0.1) is 24.9 Å². The standard InChI is InChI=1S/C19H20ClNO6/c1-12(27-18(22)11-26-16-7-5-4-6-14(16)20)19(23)21-15-10-13(24-2)8-9-17(15)25-3/h4-10,12H,11H2,1-3H3,(H,21,23). The van der Waals surface area contributed by atoms with Crippen LogP contribution in [0.2, 0.25) is 5.02 Å². The summed E-state index contributed by atoms with van der Waals surface area (Å²) in [4.78, 5) is 24.2. The number of amides is 1. The molecule has 0 heterocycles. The van der Waals surface area contributed by atoms with Gasteiger partial charge < -0.3 is 24.3 Å². The van der Waals surface area contributed by atoms with Gasteiger partial charge in [0.1, 0.15) is 17.2 Å². The molecule has 0 aliphatic rings. The molecule has 1 N–H and O–H groups in total. The van der Waals surface area contributed by atoms with Crippen molar-refractivity contribution in [3.8, 4) is 17.2 Å². The summed E-state index contributed by atoms with van der Waals surface area (Å²) < 4.78 is 20.7. The SMILES string of the molecule is COc1ccc(OC)c(NC(=O)C(C)OC(=O)COc2ccccc2Cl)c1. The van der Waals surface area contributed by atoms with E-state index >= 15 is 0 Å². The lowest BCUT2D eigenvalue weighted by Gasteiger charge is -2.16. The van der Waals surface area contributed by atoms with Gasteiger partial charge in [-0.25, -0.2) is 4.79 Å². The highest BCUT2D eigenvalue weighted by Gasteiger charge is 2.20. The predicted octanol–water partition coefficient (Wildman–Crippen LogP) is 3.31. The number of nitrogens with one attached hydrogen (secondary N) is 1. The Bertz CT molecular complexity index is 811. The first kappa shape index (κ1) is 20.4. The molecule has 1 unspecified atom stereocenters. The first-order chi connectivity index (χ1) is 12.9. The van der Waals surface area contributed by atoms with Gasteiger partial charge in [-0.05, 0) is 31.2 Å². The first-order valence-corrected chi connectivity index (χ1v) is 8.42. The number of anilines is 1. The Labute approximate surface area is 162 Å². The zero-order valence-corrected chi connectivity index (χ0v) is 15.9. The molecule has 0 spiro atoms. The van der Waals surface area contributed by atoms with E-state index < -0.39 is 18.0 Å². The second-order valence-electron chi connectivity index (χ2n) is 5.41. The van der Waals surface area contributed by atoms with E-state index in [9.17, 15) is 9.59 Å². The van der Waals surface area contributed by atoms with E-state index in [4.69, 9.17) is 30.5 Å². The molecular weight excluding hydrogens is 374 g/mol. The van der Waals surface area contributed by atoms with Crippen LogP contribution in [-0.4, -0.2) is 38.8 Å². The molecule has 1 atom stereocenters. The molecule has 0 aliphatic heterocycles. The van der Waals surface area contributed by atoms with Crippen LogP contribution < -0.4 is 19.5 Å². The molecule has 0 saturated carbocycles. The quantitative estimate of drug-likeness (QED) is 0.693. The lowest BCUT2D eigenvalue weighted by atomic mass is 10.2. The second kappa shape index (κ2) is 9.68. The zero-order chi connectivity index (χ0) is 19.8. The van der Waals surface area contributed by atoms with Crippen LogP contribution in [-0.2, 0) is 14.3 Å². The summed E-state index contributed by atoms with van der Waals surface area (Å²) in [5.41, 5.74) is 0.400. The summed E-state index contributed by atoms with van der Waals surface area (Å²) in [5.74, 6) is 0.130. The van der Waals surface area contributed by atoms with Crippen LogP contribution in [0, 0.1) is 0 Å². The Morgan fingerprint density at radius 3 is 2.48 bits per heavy atom. The minimum atomic E-state index is -1.04. The van der Waals surface area contributed by atoms with Crippen LogP contribution >= 0.6 is 11.6 Å². The maximum atomic E-state index is 12.3. The van der Waals surface area contributed by atoms with E-state index in [0.717, 1.165) is 0 Å². The van der Waals surface area contributed by atoms with E-state index in [2.05, 4.69) is 5.32 Å². The summed E-state index contributed by atoms with van der Waals surface area (Å²) >= 11 is 5.94. The molecule has 0 bridgehead atoms. The number of hydrogen-bond acceptors (Lipinski definition) is 6. The van der Waals surface area contributed by atoms with Crippen molar-refractivity contribution >= 4 is 29.2 Å². The number of esters is 1. The van der Waals surface area contributed by atoms with Crippen molar-refractivity contribution < 1.29 is 28.5 Å². The van der Waals surface area contributed by atoms with Crippen LogP contribution in [0.4, 0.5) is 5.69 Å². The van der Waals surface area contributed by atoms with Crippen LogP contribution in [0.5, 0.6) is 17.2 Å². The van der Waals surface area contributed by atoms with Crippen molar-refractivity contribution in [2.24, 2.45) is 0 Å². The van der Waals surface area contributed by atoms with E-state index in [0.29, 0.717) is 28.0 Å². The normalized spacial score (nSPS) is 11.3. The highest BCUT2D eigenvalue weighted by molar-refractivity contribution is 6.32. The lowest BCUT2D eigenvalue weighted by molar-refractivity contribution is -0.155. The fourth-order valence-corrected chi connectivity index (χ4v) is 2.32. The Kier molecular flexibility index (Phi) is 7.31. The molecule has 2 aromatic rings. The third-order valence-corrected chi connectivity index (χ3v) is 3.84. The number of ether oxygens (including phenoxy) is 4. The molecule has 0 radical (unpaired) electrons. The molecule has 144 valence electrons. The summed E-state index contributed by atoms with van der Waals surface area (Å²) in [6.07, 6.45) is -1.04. The van der Waals surface area contributed by atoms with Gasteiger partial charge in [0.2, 0.25) is 0 Å². The lowest BCUT2D eigenvalue weighted by Crippen LogP contribution is -2.31. The Balaban J connectivity index is 1.91. The number of carbonyl (C=O) groups excluding carboxylic acids is 2. The molecule has 0 saturated heterocycles. The summed E-state index contributed by atoms with van der Waals surface area (Å²) in [6, 6.07) is 11.7. The fourth-order valence-electron chi connectivity index (χ4n) is 2.13. The monoisotopic (exact) mass is 393 g/mol. The van der Waals surface area contributed by atoms with Crippen molar-refractivity contribution in [3.63, 3.8) is 0 Å². The molecule has 0 aromatic heterocycles. The smallest absolute Gasteiger partial charge is 0.344 e. The fraction of sp³-hybridized carbons (Fsp3) is 0.263. The molecule has 27 heavy (non-hydrogen) atoms. The number of para-hydroxylation sites is 1. The van der Waals surface area contributed by atoms with Gasteiger partial charge in [0.15, 0.2) is 12.7 Å². The molecule has 2 aromatic carbocycles. The predicted molar refractivity (Wildman–Crippen MR) is 101 cm³/mol. The molecule has 0 fully saturated rings. The molecular formula is C19H20ClNO6. The van der Waals surface area contributed by atoms with Crippen molar-refractivity contribution in [2.45, 2.75) is 13.0 Å². The van der Waals surface area contributed by atoms with Gasteiger partial charge in [-0.3, -0.25) is 4.79 Å². The Morgan fingerprint density at radius 1 is 1.07 bits per heavy atom. The maximum absolute atomic E-state index is 12.3. The third-order valence-electron chi connectivity index (χ3n) is 3.52. The Hall–Kier alpha value is -2.93. The minimum absolute atomic E-state index is 0.356. The van der Waals surface area contributed by atoms with Gasteiger partial charge >= 0.3 is 5.97 Å². The van der Waals surface area contributed by atoms with Crippen LogP contribution in [0.1, 0.15) is 6.92 Å². The molecule has 0 aliphatic carbocycles. The van der Waals surface area contributed by atoms with Crippen LogP contribution in [0.3, 0.4) is 0 Å². The molecule has 1 amide bonds. The third kappa shape index (κ3) is 5.79. The van der Waals surface area contributed by atoms with E-state index in [1.165, 1.54) is 21.1 Å². The number of benzene rings is 2. The summed E-state index contributed by atoms with van der Waals surface area (Å²) in [6.45, 7) is 1.08. The number of halogens is 1. The van der Waals surface area contributed by atoms with Crippen molar-refractivity contribution in [3.05, 3.63) is 47.5 Å². The summed E-state index contributed by atoms with van der Waals surface area (Å²) in [5, 5.41) is 3.02. The van der Waals surface area contributed by atoms with Gasteiger partial charge in [0.25, 0.3) is 5.91 Å². The molecule has 2 rings (SSSR count). The van der Waals surface area contributed by atoms with Crippen molar-refractivity contribution in [1.29, 1.82) is 0 Å². The number of rotatable bonds is 8. The zero-order valence-electron chi connectivity index (χ0n) is 15.2. The highest BCUT2D eigenvalue weighted by Crippen LogP contribution is 2.29. The highest BCUT2D eigenvalue weighted by atomic mass is 35.5. The maximum Gasteiger partial charge on any atom is 0.344 e. The average molecular weight is 394 g/mol. The van der Waals surface area contributed by atoms with E-state index in [1.807, 2.05) is 0 Å². The van der Waals surface area contributed by atoms with Crippen molar-refractivity contribution in [2.75, 3.05) is 26.1 Å². The number of methoxy groups -OCH3 is 2. The van der Waals surface area contributed by atoms with E-state index in [1.54, 1.807) is 42.5 Å². The molecule has 7 nitrogen and oxygen atoms in total. The topological polar surface area (TPSA) is 83.1 Å². The van der Waals surface area contributed by atoms with Gasteiger partial charge in [-0.1, -0.05) is 23.7 Å². The van der Waals surface area contributed by atoms with Crippen LogP contribution in [0.15, 0.2) is 42.5 Å². The van der Waals surface area contributed by atoms with E-state index in [-0.39, 0.29) is 6.61 Å². The number of hydrogen-bond donors (Lipinski definition) is 1. The van der Waals surface area contributed by atoms with Crippen LogP contribution in [0.25, 0.3) is 0 Å². The van der Waals surface area contributed by atoms with Gasteiger partial charge in [-0.15, -0.1) is 0 Å². The average Bonchev–Trinajstić information content (AvgIpc) is 2.67. The largest absolute Gasteiger partial charge is 0.497 e. The van der Waals surface area contributed by atoms with Crippen molar-refractivity contribution in [1.82, 2.24) is 0 Å². The minimum Gasteiger partial charge on any atom is -0.497 e. The Morgan fingerprint density at radius 2 is 1.81 bits per heavy atom. The first-order valence-electron chi connectivity index (χ1n) is 8.04. The van der Waals surface area contributed by atoms with Gasteiger partial charge in [-0.2, -0.15) is 0 Å².